The summed E-state index contributed by atoms with van der Waals surface area (Å²) in [6.45, 7) is 7.52. The topological polar surface area (TPSA) is 41.8 Å². The second-order valence-electron chi connectivity index (χ2n) is 5.20. The van der Waals surface area contributed by atoms with Gasteiger partial charge < -0.3 is 4.74 Å². The maximum Gasteiger partial charge on any atom is 0.329 e. The number of nitrogens with zero attached hydrogens (tertiary/aromatic N) is 1. The molecule has 0 spiro atoms. The Morgan fingerprint density at radius 2 is 2.21 bits per heavy atom. The lowest BCUT2D eigenvalue weighted by Crippen LogP contribution is -2.44. The number of hydrogen-bond donors (Lipinski definition) is 0. The minimum atomic E-state index is -0.558. The molecule has 2 heterocycles. The molecule has 80 valence electrons. The van der Waals surface area contributed by atoms with E-state index in [4.69, 9.17) is 9.57 Å². The minimum absolute atomic E-state index is 0.160. The Kier molecular flexibility index (Phi) is 1.92. The van der Waals surface area contributed by atoms with E-state index in [0.717, 1.165) is 12.8 Å². The van der Waals surface area contributed by atoms with Gasteiger partial charge in [0.2, 0.25) is 0 Å². The molecule has 14 heavy (non-hydrogen) atoms. The summed E-state index contributed by atoms with van der Waals surface area (Å²) in [7, 11) is 0. The molecule has 4 heteroatoms. The molecule has 3 atom stereocenters. The highest BCUT2D eigenvalue weighted by molar-refractivity contribution is 5.81. The minimum Gasteiger partial charge on any atom is -0.459 e. The zero-order valence-electron chi connectivity index (χ0n) is 9.16. The van der Waals surface area contributed by atoms with Crippen LogP contribution in [0.3, 0.4) is 0 Å². The van der Waals surface area contributed by atoms with Gasteiger partial charge in [0.05, 0.1) is 0 Å². The zero-order chi connectivity index (χ0) is 10.6. The highest BCUT2D eigenvalue weighted by atomic mass is 16.8. The molecule has 0 aromatic rings. The molecule has 0 N–H and O–H groups in total. The first-order valence-corrected chi connectivity index (χ1v) is 5.02. The zero-order valence-corrected chi connectivity index (χ0v) is 9.16. The lowest BCUT2D eigenvalue weighted by molar-refractivity contribution is -0.169. The Labute approximate surface area is 84.1 Å². The van der Waals surface area contributed by atoms with Crippen LogP contribution in [0.4, 0.5) is 0 Å². The summed E-state index contributed by atoms with van der Waals surface area (Å²) in [5.41, 5.74) is -0.980. The fraction of sp³-hybridized carbons (Fsp3) is 0.900. The number of carbonyl (C=O) groups is 1. The van der Waals surface area contributed by atoms with Crippen molar-refractivity contribution in [1.29, 1.82) is 0 Å². The monoisotopic (exact) mass is 199 g/mol. The van der Waals surface area contributed by atoms with E-state index in [-0.39, 0.29) is 12.2 Å². The van der Waals surface area contributed by atoms with E-state index in [1.54, 1.807) is 5.06 Å². The Morgan fingerprint density at radius 3 is 2.57 bits per heavy atom. The standard InChI is InChI=1S/C10H17NO3/c1-9(2,3)13-8(12)10(4)6-5-7-11(10)14-7/h7H,5-6H2,1-4H3. The normalized spacial score (nSPS) is 40.6. The largest absolute Gasteiger partial charge is 0.459 e. The summed E-state index contributed by atoms with van der Waals surface area (Å²) >= 11 is 0. The molecule has 0 aliphatic carbocycles. The Bertz CT molecular complexity index is 271. The fourth-order valence-corrected chi connectivity index (χ4v) is 1.80. The van der Waals surface area contributed by atoms with Crippen molar-refractivity contribution in [3.8, 4) is 0 Å². The molecule has 0 aromatic heterocycles. The van der Waals surface area contributed by atoms with Crippen LogP contribution < -0.4 is 0 Å². The molecule has 2 saturated heterocycles. The summed E-state index contributed by atoms with van der Waals surface area (Å²) < 4.78 is 5.36. The molecular formula is C10H17NO3. The van der Waals surface area contributed by atoms with Crippen LogP contribution in [0.1, 0.15) is 40.5 Å². The second kappa shape index (κ2) is 2.70. The molecule has 0 amide bonds. The lowest BCUT2D eigenvalue weighted by Gasteiger charge is -2.28. The predicted molar refractivity (Wildman–Crippen MR) is 50.2 cm³/mol. The third kappa shape index (κ3) is 1.53. The summed E-state index contributed by atoms with van der Waals surface area (Å²) in [6.07, 6.45) is 1.91. The van der Waals surface area contributed by atoms with E-state index < -0.39 is 11.1 Å². The summed E-state index contributed by atoms with van der Waals surface area (Å²) in [6, 6.07) is 0. The quantitative estimate of drug-likeness (QED) is 0.473. The molecule has 2 aliphatic rings. The highest BCUT2D eigenvalue weighted by Crippen LogP contribution is 2.45. The highest BCUT2D eigenvalue weighted by Gasteiger charge is 2.61. The van der Waals surface area contributed by atoms with Crippen molar-refractivity contribution in [2.24, 2.45) is 0 Å². The van der Waals surface area contributed by atoms with Crippen molar-refractivity contribution < 1.29 is 14.4 Å². The molecule has 2 rings (SSSR count). The summed E-state index contributed by atoms with van der Waals surface area (Å²) in [5.74, 6) is -0.176. The van der Waals surface area contributed by atoms with Crippen molar-refractivity contribution in [3.63, 3.8) is 0 Å². The number of rotatable bonds is 1. The van der Waals surface area contributed by atoms with Crippen molar-refractivity contribution in [1.82, 2.24) is 5.06 Å². The molecule has 2 fully saturated rings. The van der Waals surface area contributed by atoms with Crippen LogP contribution in [0, 0.1) is 0 Å². The van der Waals surface area contributed by atoms with Crippen molar-refractivity contribution >= 4 is 5.97 Å². The first kappa shape index (κ1) is 9.93. The number of carbonyl (C=O) groups excluding carboxylic acids is 1. The van der Waals surface area contributed by atoms with Gasteiger partial charge in [0.25, 0.3) is 0 Å². The molecule has 0 bridgehead atoms. The van der Waals surface area contributed by atoms with Crippen LogP contribution in [-0.2, 0) is 14.4 Å². The maximum atomic E-state index is 11.9. The van der Waals surface area contributed by atoms with E-state index in [1.165, 1.54) is 0 Å². The average Bonchev–Trinajstić information content (AvgIpc) is 2.70. The number of hydroxylamine groups is 2. The Balaban J connectivity index is 2.04. The predicted octanol–water partition coefficient (Wildman–Crippen LogP) is 1.45. The smallest absolute Gasteiger partial charge is 0.329 e. The van der Waals surface area contributed by atoms with Gasteiger partial charge in [0.15, 0.2) is 6.23 Å². The van der Waals surface area contributed by atoms with E-state index >= 15 is 0 Å². The molecule has 4 nitrogen and oxygen atoms in total. The maximum absolute atomic E-state index is 11.9. The van der Waals surface area contributed by atoms with Gasteiger partial charge in [-0.3, -0.25) is 4.84 Å². The number of esters is 1. The van der Waals surface area contributed by atoms with Crippen LogP contribution in [0.15, 0.2) is 0 Å². The van der Waals surface area contributed by atoms with Gasteiger partial charge >= 0.3 is 5.97 Å². The SMILES string of the molecule is CC(C)(C)OC(=O)C1(C)CCC2ON21. The number of ether oxygens (including phenoxy) is 1. The van der Waals surface area contributed by atoms with Crippen LogP contribution in [0.25, 0.3) is 0 Å². The van der Waals surface area contributed by atoms with Gasteiger partial charge in [0.1, 0.15) is 11.1 Å². The molecule has 0 radical (unpaired) electrons. The van der Waals surface area contributed by atoms with Crippen molar-refractivity contribution in [3.05, 3.63) is 0 Å². The second-order valence-corrected chi connectivity index (χ2v) is 5.20. The van der Waals surface area contributed by atoms with Crippen LogP contribution >= 0.6 is 0 Å². The number of hydrogen-bond acceptors (Lipinski definition) is 4. The number of fused-ring (bicyclic) bond motifs is 1. The van der Waals surface area contributed by atoms with E-state index in [9.17, 15) is 4.79 Å². The first-order valence-electron chi connectivity index (χ1n) is 5.02. The van der Waals surface area contributed by atoms with E-state index in [0.29, 0.717) is 0 Å². The van der Waals surface area contributed by atoms with Crippen molar-refractivity contribution in [2.75, 3.05) is 0 Å². The van der Waals surface area contributed by atoms with Gasteiger partial charge in [-0.2, -0.15) is 0 Å². The van der Waals surface area contributed by atoms with Gasteiger partial charge in [-0.15, -0.1) is 5.06 Å². The van der Waals surface area contributed by atoms with Crippen LogP contribution in [0.2, 0.25) is 0 Å². The van der Waals surface area contributed by atoms with Crippen LogP contribution in [0.5, 0.6) is 0 Å². The van der Waals surface area contributed by atoms with E-state index in [1.807, 2.05) is 27.7 Å². The van der Waals surface area contributed by atoms with Crippen LogP contribution in [-0.4, -0.2) is 28.4 Å². The van der Waals surface area contributed by atoms with Gasteiger partial charge in [-0.1, -0.05) is 0 Å². The van der Waals surface area contributed by atoms with Crippen molar-refractivity contribution in [2.45, 2.75) is 57.9 Å². The van der Waals surface area contributed by atoms with E-state index in [2.05, 4.69) is 0 Å². The van der Waals surface area contributed by atoms with Gasteiger partial charge in [-0.05, 0) is 40.5 Å². The van der Waals surface area contributed by atoms with Gasteiger partial charge in [0, 0.05) is 0 Å². The lowest BCUT2D eigenvalue weighted by atomic mass is 10.00. The molecule has 2 aliphatic heterocycles. The third-order valence-corrected chi connectivity index (χ3v) is 2.65. The molecular weight excluding hydrogens is 182 g/mol. The van der Waals surface area contributed by atoms with Gasteiger partial charge in [-0.25, -0.2) is 4.79 Å². The fourth-order valence-electron chi connectivity index (χ4n) is 1.80. The summed E-state index contributed by atoms with van der Waals surface area (Å²) in [5, 5.41) is 1.75. The molecule has 0 saturated carbocycles. The molecule has 0 aromatic carbocycles. The average molecular weight is 199 g/mol. The summed E-state index contributed by atoms with van der Waals surface area (Å²) in [4.78, 5) is 17.1. The Hall–Kier alpha value is -0.610. The Morgan fingerprint density at radius 1 is 1.57 bits per heavy atom. The third-order valence-electron chi connectivity index (χ3n) is 2.65. The molecule has 3 unspecified atom stereocenters. The first-order chi connectivity index (χ1) is 6.33.